The van der Waals surface area contributed by atoms with Crippen LogP contribution in [0.4, 0.5) is 17.2 Å². The van der Waals surface area contributed by atoms with Crippen molar-refractivity contribution in [3.8, 4) is 5.75 Å². The van der Waals surface area contributed by atoms with Crippen LogP contribution < -0.4 is 20.9 Å². The van der Waals surface area contributed by atoms with Crippen LogP contribution in [0.15, 0.2) is 52.2 Å². The molecule has 0 spiro atoms. The number of pyridine rings is 1. The second-order valence-electron chi connectivity index (χ2n) is 8.20. The molecular weight excluding hydrogens is 448 g/mol. The maximum absolute atomic E-state index is 12.7. The van der Waals surface area contributed by atoms with Crippen molar-refractivity contribution in [1.82, 2.24) is 10.5 Å². The van der Waals surface area contributed by atoms with E-state index in [9.17, 15) is 9.59 Å². The van der Waals surface area contributed by atoms with Crippen molar-refractivity contribution in [3.63, 3.8) is 0 Å². The number of ether oxygens (including phenoxy) is 1. The Balaban J connectivity index is 1.70. The number of hydroxylamine groups is 1. The number of nitrogens with one attached hydrogen (secondary N) is 3. The van der Waals surface area contributed by atoms with Crippen molar-refractivity contribution < 1.29 is 19.2 Å². The molecule has 35 heavy (non-hydrogen) atoms. The maximum Gasteiger partial charge on any atom is 0.278 e. The Morgan fingerprint density at radius 3 is 2.77 bits per heavy atom. The summed E-state index contributed by atoms with van der Waals surface area (Å²) >= 11 is 0. The number of benzene rings is 1. The summed E-state index contributed by atoms with van der Waals surface area (Å²) < 4.78 is 5.72. The van der Waals surface area contributed by atoms with Gasteiger partial charge >= 0.3 is 0 Å². The van der Waals surface area contributed by atoms with Crippen LogP contribution in [0, 0.1) is 5.92 Å². The number of aliphatic imine (C=N–C) groups is 2. The van der Waals surface area contributed by atoms with Crippen LogP contribution >= 0.6 is 0 Å². The van der Waals surface area contributed by atoms with Crippen LogP contribution in [0.25, 0.3) is 0 Å². The van der Waals surface area contributed by atoms with Crippen LogP contribution in [0.5, 0.6) is 5.75 Å². The van der Waals surface area contributed by atoms with E-state index < -0.39 is 5.91 Å². The average Bonchev–Trinajstić information content (AvgIpc) is 3.71. The lowest BCUT2D eigenvalue weighted by atomic mass is 10.1. The smallest absolute Gasteiger partial charge is 0.278 e. The van der Waals surface area contributed by atoms with Crippen molar-refractivity contribution in [2.24, 2.45) is 15.9 Å². The third-order valence-corrected chi connectivity index (χ3v) is 5.42. The molecule has 0 unspecified atom stereocenters. The summed E-state index contributed by atoms with van der Waals surface area (Å²) in [5.74, 6) is 0.824. The Kier molecular flexibility index (Phi) is 7.51. The standard InChI is InChI=1S/C25H28N6O4/c1-4-35-31-25(33)18-14-27-21(30-24(32)16-8-9-16)12-20(18)29-19-7-5-6-17(22(19)34-3)23-26-11-10-15(2)13-28-23/h5-7,11-14,16H,4,8-10H2,1-3H3,(H,31,33)(H2,27,29,30,32). The zero-order chi connectivity index (χ0) is 24.8. The summed E-state index contributed by atoms with van der Waals surface area (Å²) in [6, 6.07) is 7.14. The first-order valence-electron chi connectivity index (χ1n) is 11.4. The second-order valence-corrected chi connectivity index (χ2v) is 8.20. The molecule has 2 aromatic rings. The lowest BCUT2D eigenvalue weighted by molar-refractivity contribution is -0.117. The van der Waals surface area contributed by atoms with Crippen molar-refractivity contribution in [1.29, 1.82) is 0 Å². The molecule has 4 rings (SSSR count). The number of para-hydroxylation sites is 1. The quantitative estimate of drug-likeness (QED) is 0.470. The molecule has 10 heteroatoms. The number of allylic oxidation sites excluding steroid dienone is 1. The topological polar surface area (TPSA) is 126 Å². The normalized spacial score (nSPS) is 14.9. The average molecular weight is 477 g/mol. The van der Waals surface area contributed by atoms with E-state index in [0.29, 0.717) is 40.9 Å². The number of carbonyl (C=O) groups is 2. The monoisotopic (exact) mass is 476 g/mol. The Hall–Kier alpha value is -4.05. The summed E-state index contributed by atoms with van der Waals surface area (Å²) in [5, 5.41) is 6.07. The molecule has 1 aromatic carbocycles. The van der Waals surface area contributed by atoms with Gasteiger partial charge in [-0.2, -0.15) is 0 Å². The molecule has 2 aliphatic rings. The molecule has 2 amide bonds. The fourth-order valence-electron chi connectivity index (χ4n) is 3.42. The number of nitrogens with zero attached hydrogens (tertiary/aromatic N) is 3. The highest BCUT2D eigenvalue weighted by molar-refractivity contribution is 6.07. The zero-order valence-electron chi connectivity index (χ0n) is 19.9. The fraction of sp³-hybridized carbons (Fsp3) is 0.320. The van der Waals surface area contributed by atoms with Gasteiger partial charge in [-0.25, -0.2) is 20.4 Å². The van der Waals surface area contributed by atoms with E-state index >= 15 is 0 Å². The third kappa shape index (κ3) is 5.90. The number of rotatable bonds is 9. The predicted molar refractivity (Wildman–Crippen MR) is 134 cm³/mol. The SMILES string of the molecule is CCONC(=O)c1cnc(NC(=O)C2CC2)cc1Nc1cccc(C2=NC=C(C)CC=N2)c1OC. The van der Waals surface area contributed by atoms with E-state index in [1.807, 2.05) is 31.3 Å². The molecule has 1 aliphatic heterocycles. The molecule has 0 atom stereocenters. The van der Waals surface area contributed by atoms with E-state index in [2.05, 4.69) is 31.1 Å². The Bertz CT molecular complexity index is 1220. The molecule has 0 saturated heterocycles. The molecule has 1 fully saturated rings. The van der Waals surface area contributed by atoms with E-state index in [0.717, 1.165) is 24.8 Å². The molecule has 1 aliphatic carbocycles. The zero-order valence-corrected chi connectivity index (χ0v) is 19.9. The van der Waals surface area contributed by atoms with Crippen molar-refractivity contribution in [3.05, 3.63) is 53.4 Å². The highest BCUT2D eigenvalue weighted by Gasteiger charge is 2.30. The summed E-state index contributed by atoms with van der Waals surface area (Å²) in [7, 11) is 1.56. The van der Waals surface area contributed by atoms with Gasteiger partial charge in [-0.1, -0.05) is 6.07 Å². The Labute approximate surface area is 203 Å². The Morgan fingerprint density at radius 2 is 2.03 bits per heavy atom. The molecule has 10 nitrogen and oxygen atoms in total. The van der Waals surface area contributed by atoms with Gasteiger partial charge in [0.05, 0.1) is 36.2 Å². The number of hydrogen-bond donors (Lipinski definition) is 3. The van der Waals surface area contributed by atoms with Crippen molar-refractivity contribution >= 4 is 41.1 Å². The van der Waals surface area contributed by atoms with Crippen molar-refractivity contribution in [2.75, 3.05) is 24.4 Å². The summed E-state index contributed by atoms with van der Waals surface area (Å²) in [5.41, 5.74) is 5.41. The largest absolute Gasteiger partial charge is 0.494 e. The molecule has 2 heterocycles. The molecule has 3 N–H and O–H groups in total. The van der Waals surface area contributed by atoms with E-state index in [1.165, 1.54) is 6.20 Å². The summed E-state index contributed by atoms with van der Waals surface area (Å²) in [6.45, 7) is 4.06. The minimum Gasteiger partial charge on any atom is -0.494 e. The number of carbonyl (C=O) groups excluding carboxylic acids is 2. The number of anilines is 3. The first kappa shape index (κ1) is 24.1. The molecule has 0 bridgehead atoms. The number of methoxy groups -OCH3 is 1. The number of hydrogen-bond acceptors (Lipinski definition) is 8. The molecule has 1 aromatic heterocycles. The maximum atomic E-state index is 12.7. The minimum atomic E-state index is -0.476. The van der Waals surface area contributed by atoms with Crippen molar-refractivity contribution in [2.45, 2.75) is 33.1 Å². The van der Waals surface area contributed by atoms with E-state index in [4.69, 9.17) is 9.57 Å². The predicted octanol–water partition coefficient (Wildman–Crippen LogP) is 3.99. The van der Waals surface area contributed by atoms with Crippen LogP contribution in [0.2, 0.25) is 0 Å². The molecular formula is C25H28N6O4. The molecule has 182 valence electrons. The highest BCUT2D eigenvalue weighted by Crippen LogP contribution is 2.35. The van der Waals surface area contributed by atoms with E-state index in [1.54, 1.807) is 26.3 Å². The van der Waals surface area contributed by atoms with Crippen LogP contribution in [-0.4, -0.2) is 42.6 Å². The molecule has 1 saturated carbocycles. The lowest BCUT2D eigenvalue weighted by Crippen LogP contribution is -2.25. The lowest BCUT2D eigenvalue weighted by Gasteiger charge is -2.17. The number of amides is 2. The fourth-order valence-corrected chi connectivity index (χ4v) is 3.42. The minimum absolute atomic E-state index is 0.0181. The number of aromatic nitrogens is 1. The molecule has 0 radical (unpaired) electrons. The van der Waals surface area contributed by atoms with Gasteiger partial charge in [-0.15, -0.1) is 0 Å². The highest BCUT2D eigenvalue weighted by atomic mass is 16.6. The van der Waals surface area contributed by atoms with Crippen LogP contribution in [0.3, 0.4) is 0 Å². The van der Waals surface area contributed by atoms with Gasteiger partial charge in [0.25, 0.3) is 5.91 Å². The van der Waals surface area contributed by atoms with Gasteiger partial charge in [0.15, 0.2) is 11.6 Å². The van der Waals surface area contributed by atoms with Gasteiger partial charge in [-0.3, -0.25) is 14.4 Å². The van der Waals surface area contributed by atoms with Gasteiger partial charge in [0.2, 0.25) is 5.91 Å². The van der Waals surface area contributed by atoms with Crippen LogP contribution in [0.1, 0.15) is 49.0 Å². The van der Waals surface area contributed by atoms with Gasteiger partial charge in [-0.05, 0) is 44.4 Å². The van der Waals surface area contributed by atoms with Gasteiger partial charge in [0.1, 0.15) is 5.82 Å². The second kappa shape index (κ2) is 10.9. The Morgan fingerprint density at radius 1 is 1.20 bits per heavy atom. The number of amidine groups is 1. The van der Waals surface area contributed by atoms with Gasteiger partial charge < -0.3 is 15.4 Å². The summed E-state index contributed by atoms with van der Waals surface area (Å²) in [4.78, 5) is 43.3. The third-order valence-electron chi connectivity index (χ3n) is 5.42. The summed E-state index contributed by atoms with van der Waals surface area (Å²) in [6.07, 6.45) is 7.45. The first-order valence-corrected chi connectivity index (χ1v) is 11.4. The van der Waals surface area contributed by atoms with Crippen LogP contribution in [-0.2, 0) is 9.63 Å². The first-order chi connectivity index (χ1) is 17.0. The van der Waals surface area contributed by atoms with E-state index in [-0.39, 0.29) is 17.4 Å². The van der Waals surface area contributed by atoms with Gasteiger partial charge in [0, 0.05) is 37.0 Å².